The lowest BCUT2D eigenvalue weighted by atomic mass is 9.73. The van der Waals surface area contributed by atoms with Gasteiger partial charge in [-0.3, -0.25) is 0 Å². The highest BCUT2D eigenvalue weighted by atomic mass is 16.7. The molecule has 0 aliphatic carbocycles. The van der Waals surface area contributed by atoms with E-state index in [-0.39, 0.29) is 43.0 Å². The quantitative estimate of drug-likeness (QED) is 0.582. The zero-order valence-corrected chi connectivity index (χ0v) is 9.93. The SMILES string of the molecule is C.CB1OB(C)O1.CB1OB(C)OB(C)O1. The Hall–Kier alpha value is 0.125. The first kappa shape index (κ1) is 16.1. The summed E-state index contributed by atoms with van der Waals surface area (Å²) in [6.45, 7) is 9.32. The largest absolute Gasteiger partial charge is 0.453 e. The molecule has 0 N–H and O–H groups in total. The van der Waals surface area contributed by atoms with Gasteiger partial charge in [0.1, 0.15) is 0 Å². The van der Waals surface area contributed by atoms with Crippen molar-refractivity contribution in [3.05, 3.63) is 0 Å². The first-order chi connectivity index (χ1) is 6.97. The van der Waals surface area contributed by atoms with Crippen molar-refractivity contribution < 1.29 is 22.9 Å². The van der Waals surface area contributed by atoms with Gasteiger partial charge >= 0.3 is 35.6 Å². The molecular formula is C6H19B5O5. The normalized spacial score (nSPS) is 19.7. The van der Waals surface area contributed by atoms with E-state index < -0.39 is 0 Å². The molecule has 2 aliphatic rings. The van der Waals surface area contributed by atoms with Gasteiger partial charge in [0.25, 0.3) is 0 Å². The number of hydrogen-bond donors (Lipinski definition) is 0. The van der Waals surface area contributed by atoms with E-state index in [1.165, 1.54) is 0 Å². The molecular weight excluding hydrogens is 206 g/mol. The van der Waals surface area contributed by atoms with Crippen LogP contribution < -0.4 is 0 Å². The van der Waals surface area contributed by atoms with Crippen LogP contribution in [0, 0.1) is 0 Å². The smallest absolute Gasteiger partial charge is 0.426 e. The van der Waals surface area contributed by atoms with Crippen LogP contribution in [0.2, 0.25) is 34.1 Å². The summed E-state index contributed by atoms with van der Waals surface area (Å²) in [7, 11) is -0.323. The van der Waals surface area contributed by atoms with Gasteiger partial charge in [-0.2, -0.15) is 0 Å². The lowest BCUT2D eigenvalue weighted by Gasteiger charge is -2.25. The summed E-state index contributed by atoms with van der Waals surface area (Å²) >= 11 is 0. The standard InChI is InChI=1S/C3H9B3O3.C2H6B2O2.CH4/c1-4-7-5(2)9-6(3)8-4;1-3-5-4(2)6-3;/h1-3H3;1-2H3;1H4. The lowest BCUT2D eigenvalue weighted by molar-refractivity contribution is 0.293. The van der Waals surface area contributed by atoms with Crippen molar-refractivity contribution in [3.63, 3.8) is 0 Å². The summed E-state index contributed by atoms with van der Waals surface area (Å²) in [6.07, 6.45) is 0. The third kappa shape index (κ3) is 6.01. The first-order valence-electron chi connectivity index (χ1n) is 5.24. The molecule has 0 amide bonds. The maximum absolute atomic E-state index is 5.11. The predicted molar refractivity (Wildman–Crippen MR) is 70.2 cm³/mol. The molecule has 0 bridgehead atoms. The molecule has 10 heteroatoms. The average Bonchev–Trinajstić information content (AvgIpc) is 1.99. The van der Waals surface area contributed by atoms with Crippen molar-refractivity contribution in [1.82, 2.24) is 0 Å². The molecule has 2 aliphatic heterocycles. The van der Waals surface area contributed by atoms with E-state index in [0.717, 1.165) is 0 Å². The van der Waals surface area contributed by atoms with Crippen LogP contribution in [0.1, 0.15) is 7.43 Å². The molecule has 0 aromatic rings. The van der Waals surface area contributed by atoms with Gasteiger partial charge in [-0.05, 0) is 34.1 Å². The van der Waals surface area contributed by atoms with Crippen LogP contribution in [0.25, 0.3) is 0 Å². The van der Waals surface area contributed by atoms with Crippen LogP contribution in [0.15, 0.2) is 0 Å². The highest BCUT2D eigenvalue weighted by molar-refractivity contribution is 6.72. The van der Waals surface area contributed by atoms with E-state index in [1.54, 1.807) is 0 Å². The van der Waals surface area contributed by atoms with Crippen LogP contribution in [-0.2, 0) is 22.9 Å². The molecule has 0 atom stereocenters. The Labute approximate surface area is 101 Å². The summed E-state index contributed by atoms with van der Waals surface area (Å²) in [5, 5.41) is 0. The molecule has 0 aromatic carbocycles. The van der Waals surface area contributed by atoms with Crippen LogP contribution in [-0.4, -0.2) is 35.6 Å². The van der Waals surface area contributed by atoms with Crippen LogP contribution in [0.4, 0.5) is 0 Å². The number of rotatable bonds is 0. The minimum Gasteiger partial charge on any atom is -0.453 e. The molecule has 0 radical (unpaired) electrons. The van der Waals surface area contributed by atoms with E-state index in [1.807, 2.05) is 34.1 Å². The van der Waals surface area contributed by atoms with Gasteiger partial charge < -0.3 is 22.9 Å². The van der Waals surface area contributed by atoms with E-state index in [2.05, 4.69) is 0 Å². The second-order valence-electron chi connectivity index (χ2n) is 3.52. The van der Waals surface area contributed by atoms with Crippen molar-refractivity contribution in [3.8, 4) is 0 Å². The minimum absolute atomic E-state index is 0. The molecule has 2 rings (SSSR count). The number of hydrogen-bond acceptors (Lipinski definition) is 5. The van der Waals surface area contributed by atoms with Gasteiger partial charge in [-0.15, -0.1) is 0 Å². The highest BCUT2D eigenvalue weighted by Gasteiger charge is 2.31. The Bertz CT molecular complexity index is 161. The second kappa shape index (κ2) is 7.45. The lowest BCUT2D eigenvalue weighted by Crippen LogP contribution is -2.44. The molecule has 88 valence electrons. The van der Waals surface area contributed by atoms with Gasteiger partial charge in [-0.1, -0.05) is 7.43 Å². The fourth-order valence-corrected chi connectivity index (χ4v) is 1.46. The average molecular weight is 225 g/mol. The van der Waals surface area contributed by atoms with Gasteiger partial charge in [0, 0.05) is 0 Å². The topological polar surface area (TPSA) is 46.2 Å². The van der Waals surface area contributed by atoms with Crippen molar-refractivity contribution in [1.29, 1.82) is 0 Å². The fraction of sp³-hybridized carbons (Fsp3) is 1.00. The molecule has 0 unspecified atom stereocenters. The fourth-order valence-electron chi connectivity index (χ4n) is 1.46. The van der Waals surface area contributed by atoms with Crippen molar-refractivity contribution in [2.24, 2.45) is 0 Å². The van der Waals surface area contributed by atoms with Crippen molar-refractivity contribution in [2.45, 2.75) is 41.5 Å². The van der Waals surface area contributed by atoms with Crippen molar-refractivity contribution >= 4 is 35.6 Å². The van der Waals surface area contributed by atoms with E-state index in [0.29, 0.717) is 0 Å². The van der Waals surface area contributed by atoms with Gasteiger partial charge in [0.2, 0.25) is 0 Å². The minimum atomic E-state index is -0.135. The third-order valence-corrected chi connectivity index (χ3v) is 1.92. The molecule has 0 saturated carbocycles. The highest BCUT2D eigenvalue weighted by Crippen LogP contribution is 2.06. The van der Waals surface area contributed by atoms with Crippen LogP contribution >= 0.6 is 0 Å². The Morgan fingerprint density at radius 1 is 0.438 bits per heavy atom. The molecule has 2 saturated heterocycles. The summed E-state index contributed by atoms with van der Waals surface area (Å²) in [4.78, 5) is 0. The molecule has 0 spiro atoms. The summed E-state index contributed by atoms with van der Waals surface area (Å²) in [5.41, 5.74) is 0. The Morgan fingerprint density at radius 2 is 0.562 bits per heavy atom. The summed E-state index contributed by atoms with van der Waals surface area (Å²) in [6, 6.07) is 0. The Balaban J connectivity index is 0.000000283. The van der Waals surface area contributed by atoms with E-state index >= 15 is 0 Å². The van der Waals surface area contributed by atoms with E-state index in [4.69, 9.17) is 22.9 Å². The Morgan fingerprint density at radius 3 is 0.688 bits per heavy atom. The molecule has 2 heterocycles. The Kier molecular flexibility index (Phi) is 7.51. The monoisotopic (exact) mass is 226 g/mol. The second-order valence-corrected chi connectivity index (χ2v) is 3.52. The van der Waals surface area contributed by atoms with Crippen molar-refractivity contribution in [2.75, 3.05) is 0 Å². The maximum Gasteiger partial charge on any atom is 0.426 e. The third-order valence-electron chi connectivity index (χ3n) is 1.92. The van der Waals surface area contributed by atoms with Gasteiger partial charge in [0.05, 0.1) is 0 Å². The zero-order valence-electron chi connectivity index (χ0n) is 9.93. The predicted octanol–water partition coefficient (Wildman–Crippen LogP) is 1.31. The first-order valence-corrected chi connectivity index (χ1v) is 5.24. The molecule has 5 nitrogen and oxygen atoms in total. The van der Waals surface area contributed by atoms with Gasteiger partial charge in [0.15, 0.2) is 0 Å². The zero-order chi connectivity index (χ0) is 11.4. The molecule has 16 heavy (non-hydrogen) atoms. The van der Waals surface area contributed by atoms with E-state index in [9.17, 15) is 0 Å². The van der Waals surface area contributed by atoms with Gasteiger partial charge in [-0.25, -0.2) is 0 Å². The van der Waals surface area contributed by atoms with Crippen LogP contribution in [0.5, 0.6) is 0 Å². The summed E-state index contributed by atoms with van der Waals surface area (Å²) in [5.74, 6) is 0. The van der Waals surface area contributed by atoms with Crippen LogP contribution in [0.3, 0.4) is 0 Å². The molecule has 0 aromatic heterocycles. The molecule has 2 fully saturated rings. The summed E-state index contributed by atoms with van der Waals surface area (Å²) < 4.78 is 25.2. The maximum atomic E-state index is 5.11.